The summed E-state index contributed by atoms with van der Waals surface area (Å²) in [6.45, 7) is 10.4. The maximum absolute atomic E-state index is 13.2. The second kappa shape index (κ2) is 10.6. The second-order valence-electron chi connectivity index (χ2n) is 9.13. The lowest BCUT2D eigenvalue weighted by molar-refractivity contribution is 0.0992. The van der Waals surface area contributed by atoms with Gasteiger partial charge in [0.05, 0.1) is 23.6 Å². The van der Waals surface area contributed by atoms with Crippen LogP contribution in [0.4, 0.5) is 10.1 Å². The zero-order valence-electron chi connectivity index (χ0n) is 21.0. The summed E-state index contributed by atoms with van der Waals surface area (Å²) in [7, 11) is 0. The minimum Gasteiger partial charge on any atom is -0.485 e. The monoisotopic (exact) mass is 509 g/mol. The van der Waals surface area contributed by atoms with Gasteiger partial charge in [-0.2, -0.15) is 5.10 Å². The van der Waals surface area contributed by atoms with E-state index >= 15 is 0 Å². The van der Waals surface area contributed by atoms with Crippen LogP contribution in [0, 0.1) is 26.6 Å². The van der Waals surface area contributed by atoms with Gasteiger partial charge in [-0.1, -0.05) is 37.6 Å². The highest BCUT2D eigenvalue weighted by Gasteiger charge is 2.19. The van der Waals surface area contributed by atoms with Crippen LogP contribution in [0.5, 0.6) is 5.75 Å². The van der Waals surface area contributed by atoms with Crippen molar-refractivity contribution in [2.45, 2.75) is 53.7 Å². The van der Waals surface area contributed by atoms with Crippen LogP contribution < -0.4 is 10.1 Å². The first kappa shape index (κ1) is 25.5. The Balaban J connectivity index is 1.43. The summed E-state index contributed by atoms with van der Waals surface area (Å²) in [6, 6.07) is 13.5. The fourth-order valence-electron chi connectivity index (χ4n) is 3.94. The highest BCUT2D eigenvalue weighted by atomic mass is 35.5. The molecule has 36 heavy (non-hydrogen) atoms. The molecule has 0 aliphatic rings. The van der Waals surface area contributed by atoms with E-state index in [-0.39, 0.29) is 30.0 Å². The molecule has 2 heterocycles. The quantitative estimate of drug-likeness (QED) is 0.273. The number of nitrogens with zero attached hydrogens (tertiary/aromatic N) is 2. The minimum atomic E-state index is -0.376. The van der Waals surface area contributed by atoms with Crippen molar-refractivity contribution in [2.24, 2.45) is 0 Å². The summed E-state index contributed by atoms with van der Waals surface area (Å²) in [6.07, 6.45) is 0. The van der Waals surface area contributed by atoms with Gasteiger partial charge in [0, 0.05) is 5.02 Å². The van der Waals surface area contributed by atoms with Crippen molar-refractivity contribution in [1.29, 1.82) is 0 Å². The molecule has 0 bridgehead atoms. The Morgan fingerprint density at radius 3 is 2.56 bits per heavy atom. The molecule has 1 amide bonds. The van der Waals surface area contributed by atoms with E-state index < -0.39 is 0 Å². The third-order valence-corrected chi connectivity index (χ3v) is 6.44. The number of furan rings is 1. The van der Waals surface area contributed by atoms with Gasteiger partial charge in [-0.3, -0.25) is 9.48 Å². The molecule has 188 valence electrons. The average Bonchev–Trinajstić information content (AvgIpc) is 3.41. The van der Waals surface area contributed by atoms with E-state index in [0.29, 0.717) is 28.7 Å². The predicted octanol–water partition coefficient (Wildman–Crippen LogP) is 7.20. The summed E-state index contributed by atoms with van der Waals surface area (Å²) >= 11 is 6.28. The molecule has 6 nitrogen and oxygen atoms in total. The van der Waals surface area contributed by atoms with Gasteiger partial charge in [-0.25, -0.2) is 4.39 Å². The molecule has 0 fully saturated rings. The number of carbonyl (C=O) groups excluding carboxylic acids is 1. The first-order valence-corrected chi connectivity index (χ1v) is 12.1. The average molecular weight is 510 g/mol. The highest BCUT2D eigenvalue weighted by molar-refractivity contribution is 6.31. The van der Waals surface area contributed by atoms with Crippen molar-refractivity contribution >= 4 is 23.2 Å². The van der Waals surface area contributed by atoms with Crippen LogP contribution in [0.1, 0.15) is 64.2 Å². The van der Waals surface area contributed by atoms with Crippen LogP contribution in [0.15, 0.2) is 52.9 Å². The van der Waals surface area contributed by atoms with Crippen LogP contribution in [0.2, 0.25) is 5.02 Å². The van der Waals surface area contributed by atoms with Crippen LogP contribution in [0.25, 0.3) is 0 Å². The Morgan fingerprint density at radius 1 is 1.14 bits per heavy atom. The Bertz CT molecular complexity index is 1390. The van der Waals surface area contributed by atoms with Crippen molar-refractivity contribution in [3.8, 4) is 5.75 Å². The summed E-state index contributed by atoms with van der Waals surface area (Å²) in [5, 5.41) is 8.13. The summed E-state index contributed by atoms with van der Waals surface area (Å²) in [5.74, 6) is 1.03. The molecule has 0 aliphatic heterocycles. The lowest BCUT2D eigenvalue weighted by atomic mass is 10.0. The van der Waals surface area contributed by atoms with E-state index in [2.05, 4.69) is 24.3 Å². The SMILES string of the molecule is Cc1cc(OCc2ccc(C(=O)Nc3c(C)nn(Cc4ccc(F)cc4)c3C)o2)c(C(C)C)cc1Cl. The molecule has 0 saturated heterocycles. The van der Waals surface area contributed by atoms with E-state index in [9.17, 15) is 9.18 Å². The number of hydrogen-bond acceptors (Lipinski definition) is 4. The minimum absolute atomic E-state index is 0.176. The zero-order valence-corrected chi connectivity index (χ0v) is 21.7. The normalized spacial score (nSPS) is 11.2. The fourth-order valence-corrected chi connectivity index (χ4v) is 4.11. The van der Waals surface area contributed by atoms with E-state index in [1.165, 1.54) is 12.1 Å². The van der Waals surface area contributed by atoms with E-state index in [4.69, 9.17) is 20.8 Å². The van der Waals surface area contributed by atoms with Gasteiger partial charge in [0.25, 0.3) is 5.91 Å². The number of rotatable bonds is 8. The van der Waals surface area contributed by atoms with Gasteiger partial charge in [0.1, 0.15) is 23.9 Å². The molecule has 2 aromatic carbocycles. The number of halogens is 2. The van der Waals surface area contributed by atoms with E-state index in [1.54, 1.807) is 28.9 Å². The zero-order chi connectivity index (χ0) is 26.0. The standard InChI is InChI=1S/C28H29ClFN3O3/c1-16(2)23-13-24(29)17(3)12-26(23)35-15-22-10-11-25(36-22)28(34)31-27-18(4)32-33(19(27)5)14-20-6-8-21(30)9-7-20/h6-13,16H,14-15H2,1-5H3,(H,31,34). The number of amides is 1. The van der Waals surface area contributed by atoms with Crippen molar-refractivity contribution in [1.82, 2.24) is 9.78 Å². The van der Waals surface area contributed by atoms with Crippen molar-refractivity contribution in [3.63, 3.8) is 0 Å². The molecule has 8 heteroatoms. The summed E-state index contributed by atoms with van der Waals surface area (Å²) < 4.78 is 26.8. The van der Waals surface area contributed by atoms with Crippen LogP contribution >= 0.6 is 11.6 Å². The van der Waals surface area contributed by atoms with Gasteiger partial charge in [0.15, 0.2) is 5.76 Å². The summed E-state index contributed by atoms with van der Waals surface area (Å²) in [5.41, 5.74) is 4.94. The number of nitrogens with one attached hydrogen (secondary N) is 1. The van der Waals surface area contributed by atoms with Crippen molar-refractivity contribution < 1.29 is 18.3 Å². The van der Waals surface area contributed by atoms with Gasteiger partial charge in [0.2, 0.25) is 0 Å². The third kappa shape index (κ3) is 5.62. The molecule has 0 atom stereocenters. The molecular weight excluding hydrogens is 481 g/mol. The molecule has 0 radical (unpaired) electrons. The smallest absolute Gasteiger partial charge is 0.291 e. The number of anilines is 1. The maximum atomic E-state index is 13.2. The molecule has 2 aromatic heterocycles. The van der Waals surface area contributed by atoms with Crippen LogP contribution in [-0.2, 0) is 13.2 Å². The van der Waals surface area contributed by atoms with Gasteiger partial charge in [-0.15, -0.1) is 0 Å². The Labute approximate surface area is 215 Å². The van der Waals surface area contributed by atoms with Crippen molar-refractivity contribution in [2.75, 3.05) is 5.32 Å². The van der Waals surface area contributed by atoms with Gasteiger partial charge < -0.3 is 14.5 Å². The van der Waals surface area contributed by atoms with Gasteiger partial charge in [-0.05, 0) is 79.8 Å². The molecule has 1 N–H and O–H groups in total. The third-order valence-electron chi connectivity index (χ3n) is 6.03. The fraction of sp³-hybridized carbons (Fsp3) is 0.286. The molecule has 0 saturated carbocycles. The first-order valence-electron chi connectivity index (χ1n) is 11.7. The topological polar surface area (TPSA) is 69.3 Å². The molecule has 0 unspecified atom stereocenters. The first-order chi connectivity index (χ1) is 17.1. The Hall–Kier alpha value is -3.58. The lowest BCUT2D eigenvalue weighted by Gasteiger charge is -2.15. The van der Waals surface area contributed by atoms with Crippen LogP contribution in [-0.4, -0.2) is 15.7 Å². The Kier molecular flexibility index (Phi) is 7.50. The number of aryl methyl sites for hydroxylation is 2. The van der Waals surface area contributed by atoms with E-state index in [0.717, 1.165) is 28.1 Å². The number of benzene rings is 2. The number of ether oxygens (including phenoxy) is 1. The second-order valence-corrected chi connectivity index (χ2v) is 9.54. The molecule has 0 aliphatic carbocycles. The molecule has 4 rings (SSSR count). The van der Waals surface area contributed by atoms with Crippen LogP contribution in [0.3, 0.4) is 0 Å². The van der Waals surface area contributed by atoms with Crippen molar-refractivity contribution in [3.05, 3.63) is 99.0 Å². The highest BCUT2D eigenvalue weighted by Crippen LogP contribution is 2.32. The predicted molar refractivity (Wildman–Crippen MR) is 138 cm³/mol. The molecule has 4 aromatic rings. The maximum Gasteiger partial charge on any atom is 0.291 e. The largest absolute Gasteiger partial charge is 0.485 e. The number of hydrogen-bond donors (Lipinski definition) is 1. The number of carbonyl (C=O) groups is 1. The van der Waals surface area contributed by atoms with Gasteiger partial charge >= 0.3 is 0 Å². The molecule has 0 spiro atoms. The lowest BCUT2D eigenvalue weighted by Crippen LogP contribution is -2.12. The molecular formula is C28H29ClFN3O3. The summed E-state index contributed by atoms with van der Waals surface area (Å²) in [4.78, 5) is 12.9. The number of aromatic nitrogens is 2. The Morgan fingerprint density at radius 2 is 1.86 bits per heavy atom. The van der Waals surface area contributed by atoms with E-state index in [1.807, 2.05) is 32.9 Å².